The van der Waals surface area contributed by atoms with Gasteiger partial charge in [0.2, 0.25) is 0 Å². The molecule has 6 nitrogen and oxygen atoms in total. The van der Waals surface area contributed by atoms with Crippen LogP contribution in [0.2, 0.25) is 5.02 Å². The number of carboxylic acid groups (broad SMARTS) is 1. The Morgan fingerprint density at radius 2 is 1.62 bits per heavy atom. The number of halogens is 4. The van der Waals surface area contributed by atoms with Gasteiger partial charge >= 0.3 is 35.9 Å². The molecule has 0 saturated carbocycles. The number of aliphatic carboxylic acids is 1. The minimum absolute atomic E-state index is 0. The summed E-state index contributed by atoms with van der Waals surface area (Å²) in [5.41, 5.74) is 0.690. The molecule has 1 heterocycles. The molecule has 4 rings (SSSR count). The van der Waals surface area contributed by atoms with Crippen molar-refractivity contribution in [1.29, 1.82) is 0 Å². The van der Waals surface area contributed by atoms with Crippen LogP contribution in [0.5, 0.6) is 11.5 Å². The molecule has 204 valence electrons. The van der Waals surface area contributed by atoms with E-state index < -0.39 is 23.7 Å². The summed E-state index contributed by atoms with van der Waals surface area (Å²) in [5, 5.41) is 12.5. The zero-order valence-corrected chi connectivity index (χ0v) is 25.0. The Morgan fingerprint density at radius 1 is 0.975 bits per heavy atom. The second kappa shape index (κ2) is 12.3. The van der Waals surface area contributed by atoms with Crippen molar-refractivity contribution in [2.45, 2.75) is 45.7 Å². The first kappa shape index (κ1) is 31.5. The number of ether oxygens (including phenoxy) is 2. The number of benzene rings is 3. The fourth-order valence-corrected chi connectivity index (χ4v) is 4.42. The summed E-state index contributed by atoms with van der Waals surface area (Å²) in [4.78, 5) is 25.1. The van der Waals surface area contributed by atoms with Gasteiger partial charge in [0.05, 0.1) is 17.0 Å². The van der Waals surface area contributed by atoms with Crippen molar-refractivity contribution in [2.75, 3.05) is 0 Å². The molecular formula is C29H24ClF3NNaO5. The van der Waals surface area contributed by atoms with Crippen LogP contribution in [0.1, 0.15) is 47.4 Å². The summed E-state index contributed by atoms with van der Waals surface area (Å²) >= 11 is 5.97. The zero-order chi connectivity index (χ0) is 28.5. The van der Waals surface area contributed by atoms with Gasteiger partial charge in [0.15, 0.2) is 5.78 Å². The largest absolute Gasteiger partial charge is 1.00 e. The summed E-state index contributed by atoms with van der Waals surface area (Å²) in [7, 11) is 0. The number of carbonyl (C=O) groups is 2. The quantitative estimate of drug-likeness (QED) is 0.224. The van der Waals surface area contributed by atoms with E-state index in [0.717, 1.165) is 6.07 Å². The van der Waals surface area contributed by atoms with E-state index in [1.54, 1.807) is 66.9 Å². The third-order valence-electron chi connectivity index (χ3n) is 6.55. The minimum atomic E-state index is -4.89. The maximum atomic E-state index is 13.5. The van der Waals surface area contributed by atoms with Gasteiger partial charge in [-0.25, -0.2) is 0 Å². The number of ketones is 1. The van der Waals surface area contributed by atoms with Gasteiger partial charge in [-0.2, -0.15) is 0 Å². The molecule has 0 spiro atoms. The maximum absolute atomic E-state index is 13.5. The number of aromatic nitrogens is 1. The molecule has 0 aliphatic rings. The Labute approximate surface area is 255 Å². The molecule has 3 aromatic carbocycles. The van der Waals surface area contributed by atoms with E-state index in [4.69, 9.17) is 16.3 Å². The second-order valence-electron chi connectivity index (χ2n) is 9.23. The fourth-order valence-electron chi connectivity index (χ4n) is 4.30. The molecule has 0 N–H and O–H groups in total. The van der Waals surface area contributed by atoms with Crippen molar-refractivity contribution in [1.82, 2.24) is 4.57 Å². The Kier molecular flexibility index (Phi) is 9.67. The molecular weight excluding hydrogens is 558 g/mol. The Hall–Kier alpha value is -2.98. The number of rotatable bonds is 9. The predicted octanol–water partition coefficient (Wildman–Crippen LogP) is 3.08. The van der Waals surface area contributed by atoms with E-state index in [0.29, 0.717) is 38.3 Å². The first-order chi connectivity index (χ1) is 18.3. The first-order valence-electron chi connectivity index (χ1n) is 12.0. The van der Waals surface area contributed by atoms with Gasteiger partial charge in [0.25, 0.3) is 0 Å². The summed E-state index contributed by atoms with van der Waals surface area (Å²) in [6.45, 7) is 4.93. The van der Waals surface area contributed by atoms with Crippen LogP contribution in [-0.4, -0.2) is 28.3 Å². The molecule has 4 aromatic rings. The van der Waals surface area contributed by atoms with E-state index in [2.05, 4.69) is 4.74 Å². The van der Waals surface area contributed by atoms with Crippen LogP contribution >= 0.6 is 11.6 Å². The molecule has 11 heteroatoms. The van der Waals surface area contributed by atoms with Crippen molar-refractivity contribution >= 4 is 34.3 Å². The molecule has 1 aromatic heterocycles. The summed E-state index contributed by atoms with van der Waals surface area (Å²) in [5.74, 6) is -1.81. The number of carbonyl (C=O) groups excluding carboxylic acids is 2. The standard InChI is InChI=1S/C29H25ClF3NO5.Na/c1-4-28(3,27(36)37)38-21-7-5-6-18(14-21)16-34-17(2)25(26(35)19-8-10-20(30)11-9-19)23-13-12-22(15-24(23)34)39-29(31,32)33;/h5-15H,4,16H2,1-3H3,(H,36,37);/q;+1/p-1. The monoisotopic (exact) mass is 581 g/mol. The smallest absolute Gasteiger partial charge is 0.546 e. The Morgan fingerprint density at radius 3 is 2.23 bits per heavy atom. The first-order valence-corrected chi connectivity index (χ1v) is 12.4. The third kappa shape index (κ3) is 6.83. The van der Waals surface area contributed by atoms with Gasteiger partial charge in [-0.1, -0.05) is 30.7 Å². The average Bonchev–Trinajstić information content (AvgIpc) is 3.13. The summed E-state index contributed by atoms with van der Waals surface area (Å²) in [6.07, 6.45) is -4.72. The van der Waals surface area contributed by atoms with Crippen LogP contribution in [0.15, 0.2) is 66.7 Å². The second-order valence-corrected chi connectivity index (χ2v) is 9.67. The molecule has 0 saturated heterocycles. The normalized spacial score (nSPS) is 12.9. The van der Waals surface area contributed by atoms with Crippen LogP contribution < -0.4 is 44.1 Å². The van der Waals surface area contributed by atoms with Gasteiger partial charge in [-0.05, 0) is 74.4 Å². The average molecular weight is 582 g/mol. The van der Waals surface area contributed by atoms with Crippen LogP contribution in [-0.2, 0) is 11.3 Å². The maximum Gasteiger partial charge on any atom is 1.00 e. The number of hydrogen-bond acceptors (Lipinski definition) is 5. The number of nitrogens with zero attached hydrogens (tertiary/aromatic N) is 1. The number of alkyl halides is 3. The molecule has 40 heavy (non-hydrogen) atoms. The number of carboxylic acids is 1. The van der Waals surface area contributed by atoms with Gasteiger partial charge in [0, 0.05) is 34.3 Å². The number of hydrogen-bond donors (Lipinski definition) is 0. The summed E-state index contributed by atoms with van der Waals surface area (Å²) in [6, 6.07) is 16.8. The Balaban J connectivity index is 0.00000441. The molecule has 0 amide bonds. The molecule has 0 radical (unpaired) electrons. The molecule has 0 aliphatic heterocycles. The van der Waals surface area contributed by atoms with Crippen LogP contribution in [0.25, 0.3) is 10.9 Å². The predicted molar refractivity (Wildman–Crippen MR) is 138 cm³/mol. The Bertz CT molecular complexity index is 1550. The van der Waals surface area contributed by atoms with Crippen molar-refractivity contribution in [2.24, 2.45) is 0 Å². The van der Waals surface area contributed by atoms with Crippen molar-refractivity contribution in [3.63, 3.8) is 0 Å². The van der Waals surface area contributed by atoms with E-state index in [1.807, 2.05) is 0 Å². The topological polar surface area (TPSA) is 80.6 Å². The SMILES string of the molecule is CCC(C)(Oc1cccc(Cn2c(C)c(C(=O)c3ccc(Cl)cc3)c3ccc(OC(F)(F)F)cc32)c1)C(=O)[O-].[Na+]. The van der Waals surface area contributed by atoms with Crippen LogP contribution in [0.3, 0.4) is 0 Å². The number of fused-ring (bicyclic) bond motifs is 1. The molecule has 0 bridgehead atoms. The van der Waals surface area contributed by atoms with E-state index in [1.165, 1.54) is 19.1 Å². The van der Waals surface area contributed by atoms with E-state index in [9.17, 15) is 27.9 Å². The van der Waals surface area contributed by atoms with Crippen molar-refractivity contribution in [3.05, 3.63) is 94.1 Å². The third-order valence-corrected chi connectivity index (χ3v) is 6.80. The summed E-state index contributed by atoms with van der Waals surface area (Å²) < 4.78 is 50.5. The fraction of sp³-hybridized carbons (Fsp3) is 0.241. The van der Waals surface area contributed by atoms with Gasteiger partial charge < -0.3 is 23.9 Å². The molecule has 1 atom stereocenters. The molecule has 0 fully saturated rings. The van der Waals surface area contributed by atoms with Gasteiger partial charge in [0.1, 0.15) is 17.1 Å². The van der Waals surface area contributed by atoms with E-state index in [-0.39, 0.29) is 54.1 Å². The van der Waals surface area contributed by atoms with Crippen molar-refractivity contribution in [3.8, 4) is 11.5 Å². The van der Waals surface area contributed by atoms with Crippen molar-refractivity contribution < 1.29 is 66.9 Å². The van der Waals surface area contributed by atoms with Crippen LogP contribution in [0, 0.1) is 6.92 Å². The zero-order valence-electron chi connectivity index (χ0n) is 22.3. The minimum Gasteiger partial charge on any atom is -0.546 e. The van der Waals surface area contributed by atoms with Gasteiger partial charge in [-0.3, -0.25) is 4.79 Å². The molecule has 1 unspecified atom stereocenters. The van der Waals surface area contributed by atoms with Crippen LogP contribution in [0.4, 0.5) is 13.2 Å². The van der Waals surface area contributed by atoms with Gasteiger partial charge in [-0.15, -0.1) is 13.2 Å². The van der Waals surface area contributed by atoms with E-state index >= 15 is 0 Å². The molecule has 0 aliphatic carbocycles.